The minimum atomic E-state index is -0.0651. The smallest absolute Gasteiger partial charge is 0.234 e. The van der Waals surface area contributed by atoms with Gasteiger partial charge in [0.1, 0.15) is 0 Å². The standard InChI is InChI=1S/C20H23N5O2/c26-18-12-25(10-9-21-18)13-19(27)23-16-7-4-8-17-15(16)11-22-20(24-17)14-5-2-1-3-6-14/h1-3,5-6,11,16H,4,7-10,12-13H2,(H,21,26)(H,23,27)/t16-/m1/s1. The van der Waals surface area contributed by atoms with Crippen molar-refractivity contribution in [2.24, 2.45) is 0 Å². The molecule has 1 aromatic heterocycles. The number of nitrogens with zero attached hydrogens (tertiary/aromatic N) is 3. The van der Waals surface area contributed by atoms with Gasteiger partial charge in [0.05, 0.1) is 19.1 Å². The van der Waals surface area contributed by atoms with E-state index in [-0.39, 0.29) is 30.9 Å². The van der Waals surface area contributed by atoms with Gasteiger partial charge in [0.15, 0.2) is 5.82 Å². The van der Waals surface area contributed by atoms with Crippen LogP contribution in [0.5, 0.6) is 0 Å². The fraction of sp³-hybridized carbons (Fsp3) is 0.400. The summed E-state index contributed by atoms with van der Waals surface area (Å²) in [4.78, 5) is 35.0. The number of nitrogens with one attached hydrogen (secondary N) is 2. The number of amides is 2. The lowest BCUT2D eigenvalue weighted by Crippen LogP contribution is -2.51. The van der Waals surface area contributed by atoms with Crippen molar-refractivity contribution >= 4 is 11.8 Å². The van der Waals surface area contributed by atoms with Gasteiger partial charge in [-0.1, -0.05) is 30.3 Å². The van der Waals surface area contributed by atoms with Crippen LogP contribution in [0.15, 0.2) is 36.5 Å². The Morgan fingerprint density at radius 1 is 1.30 bits per heavy atom. The lowest BCUT2D eigenvalue weighted by atomic mass is 9.92. The van der Waals surface area contributed by atoms with Crippen LogP contribution in [0.25, 0.3) is 11.4 Å². The van der Waals surface area contributed by atoms with Crippen molar-refractivity contribution in [3.05, 3.63) is 47.8 Å². The Bertz CT molecular complexity index is 840. The summed E-state index contributed by atoms with van der Waals surface area (Å²) in [7, 11) is 0. The highest BCUT2D eigenvalue weighted by Crippen LogP contribution is 2.29. The molecule has 7 heteroatoms. The van der Waals surface area contributed by atoms with Crippen molar-refractivity contribution in [3.8, 4) is 11.4 Å². The highest BCUT2D eigenvalue weighted by atomic mass is 16.2. The average Bonchev–Trinajstić information content (AvgIpc) is 2.68. The number of aryl methyl sites for hydroxylation is 1. The molecule has 0 saturated carbocycles. The number of carbonyl (C=O) groups is 2. The number of piperazine rings is 1. The van der Waals surface area contributed by atoms with Crippen molar-refractivity contribution in [2.75, 3.05) is 26.2 Å². The molecule has 2 amide bonds. The van der Waals surface area contributed by atoms with Crippen LogP contribution in [0.1, 0.15) is 30.1 Å². The monoisotopic (exact) mass is 365 g/mol. The summed E-state index contributed by atoms with van der Waals surface area (Å²) >= 11 is 0. The third kappa shape index (κ3) is 4.14. The van der Waals surface area contributed by atoms with Gasteiger partial charge in [0, 0.05) is 36.1 Å². The largest absolute Gasteiger partial charge is 0.354 e. The lowest BCUT2D eigenvalue weighted by molar-refractivity contribution is -0.127. The second-order valence-electron chi connectivity index (χ2n) is 7.03. The molecule has 1 fully saturated rings. The lowest BCUT2D eigenvalue weighted by Gasteiger charge is -2.29. The number of hydrogen-bond donors (Lipinski definition) is 2. The first-order valence-electron chi connectivity index (χ1n) is 9.39. The van der Waals surface area contributed by atoms with Crippen molar-refractivity contribution < 1.29 is 9.59 Å². The van der Waals surface area contributed by atoms with Gasteiger partial charge in [-0.05, 0) is 19.3 Å². The third-order valence-corrected chi connectivity index (χ3v) is 5.03. The second-order valence-corrected chi connectivity index (χ2v) is 7.03. The van der Waals surface area contributed by atoms with E-state index >= 15 is 0 Å². The van der Waals surface area contributed by atoms with E-state index in [0.29, 0.717) is 13.1 Å². The van der Waals surface area contributed by atoms with Gasteiger partial charge in [-0.15, -0.1) is 0 Å². The Morgan fingerprint density at radius 3 is 2.96 bits per heavy atom. The van der Waals surface area contributed by atoms with E-state index < -0.39 is 0 Å². The molecule has 1 saturated heterocycles. The fourth-order valence-electron chi connectivity index (χ4n) is 3.69. The Kier molecular flexibility index (Phi) is 5.11. The molecular formula is C20H23N5O2. The quantitative estimate of drug-likeness (QED) is 0.846. The maximum Gasteiger partial charge on any atom is 0.234 e. The summed E-state index contributed by atoms with van der Waals surface area (Å²) in [6, 6.07) is 9.85. The molecule has 2 heterocycles. The van der Waals surface area contributed by atoms with Gasteiger partial charge in [-0.3, -0.25) is 14.5 Å². The fourth-order valence-corrected chi connectivity index (χ4v) is 3.69. The first-order chi connectivity index (χ1) is 13.2. The van der Waals surface area contributed by atoms with Gasteiger partial charge in [-0.2, -0.15) is 0 Å². The van der Waals surface area contributed by atoms with Crippen LogP contribution < -0.4 is 10.6 Å². The summed E-state index contributed by atoms with van der Waals surface area (Å²) in [5, 5.41) is 5.87. The molecule has 1 atom stereocenters. The molecule has 4 rings (SSSR count). The zero-order valence-corrected chi connectivity index (χ0v) is 15.1. The summed E-state index contributed by atoms with van der Waals surface area (Å²) in [6.07, 6.45) is 4.61. The van der Waals surface area contributed by atoms with Crippen molar-refractivity contribution in [1.82, 2.24) is 25.5 Å². The van der Waals surface area contributed by atoms with Gasteiger partial charge < -0.3 is 10.6 Å². The number of rotatable bonds is 4. The minimum Gasteiger partial charge on any atom is -0.354 e. The van der Waals surface area contributed by atoms with Crippen LogP contribution >= 0.6 is 0 Å². The van der Waals surface area contributed by atoms with Gasteiger partial charge in [-0.25, -0.2) is 9.97 Å². The van der Waals surface area contributed by atoms with E-state index in [9.17, 15) is 9.59 Å². The molecule has 7 nitrogen and oxygen atoms in total. The molecule has 2 N–H and O–H groups in total. The Labute approximate surface area is 158 Å². The summed E-state index contributed by atoms with van der Waals surface area (Å²) < 4.78 is 0. The highest BCUT2D eigenvalue weighted by Gasteiger charge is 2.25. The molecule has 1 aromatic carbocycles. The first-order valence-corrected chi connectivity index (χ1v) is 9.39. The molecule has 1 aliphatic heterocycles. The molecule has 0 spiro atoms. The maximum atomic E-state index is 12.5. The van der Waals surface area contributed by atoms with E-state index in [4.69, 9.17) is 4.98 Å². The van der Waals surface area contributed by atoms with Crippen LogP contribution in [0, 0.1) is 0 Å². The van der Waals surface area contributed by atoms with Crippen LogP contribution in [-0.4, -0.2) is 52.9 Å². The normalized spacial score (nSPS) is 19.9. The van der Waals surface area contributed by atoms with Crippen molar-refractivity contribution in [3.63, 3.8) is 0 Å². The average molecular weight is 365 g/mol. The summed E-state index contributed by atoms with van der Waals surface area (Å²) in [5.41, 5.74) is 3.01. The zero-order valence-electron chi connectivity index (χ0n) is 15.1. The predicted molar refractivity (Wildman–Crippen MR) is 101 cm³/mol. The predicted octanol–water partition coefficient (Wildman–Crippen LogP) is 1.07. The van der Waals surface area contributed by atoms with Crippen LogP contribution in [-0.2, 0) is 16.0 Å². The highest BCUT2D eigenvalue weighted by molar-refractivity contribution is 5.82. The minimum absolute atomic E-state index is 0.0288. The number of benzene rings is 1. The Morgan fingerprint density at radius 2 is 2.15 bits per heavy atom. The molecule has 0 unspecified atom stereocenters. The van der Waals surface area contributed by atoms with E-state index in [1.165, 1.54) is 0 Å². The van der Waals surface area contributed by atoms with Gasteiger partial charge in [0.25, 0.3) is 0 Å². The number of aromatic nitrogens is 2. The number of carbonyl (C=O) groups excluding carboxylic acids is 2. The Hall–Kier alpha value is -2.80. The molecule has 0 bridgehead atoms. The SMILES string of the molecule is O=C1CN(CC(=O)N[C@@H]2CCCc3nc(-c4ccccc4)ncc32)CCN1. The number of fused-ring (bicyclic) bond motifs is 1. The van der Waals surface area contributed by atoms with Crippen molar-refractivity contribution in [1.29, 1.82) is 0 Å². The zero-order chi connectivity index (χ0) is 18.6. The molecule has 0 radical (unpaired) electrons. The van der Waals surface area contributed by atoms with E-state index in [0.717, 1.165) is 41.9 Å². The third-order valence-electron chi connectivity index (χ3n) is 5.03. The maximum absolute atomic E-state index is 12.5. The van der Waals surface area contributed by atoms with Gasteiger partial charge in [0.2, 0.25) is 11.8 Å². The number of hydrogen-bond acceptors (Lipinski definition) is 5. The first kappa shape index (κ1) is 17.6. The molecule has 1 aliphatic carbocycles. The van der Waals surface area contributed by atoms with Crippen LogP contribution in [0.3, 0.4) is 0 Å². The molecule has 2 aliphatic rings. The second kappa shape index (κ2) is 7.84. The summed E-state index contributed by atoms with van der Waals surface area (Å²) in [6.45, 7) is 1.80. The molecule has 140 valence electrons. The van der Waals surface area contributed by atoms with E-state index in [2.05, 4.69) is 15.6 Å². The Balaban J connectivity index is 1.45. The van der Waals surface area contributed by atoms with E-state index in [1.54, 1.807) is 0 Å². The van der Waals surface area contributed by atoms with Gasteiger partial charge >= 0.3 is 0 Å². The van der Waals surface area contributed by atoms with Crippen molar-refractivity contribution in [2.45, 2.75) is 25.3 Å². The van der Waals surface area contributed by atoms with E-state index in [1.807, 2.05) is 41.4 Å². The topological polar surface area (TPSA) is 87.2 Å². The molecule has 2 aromatic rings. The van der Waals surface area contributed by atoms with Crippen LogP contribution in [0.2, 0.25) is 0 Å². The summed E-state index contributed by atoms with van der Waals surface area (Å²) in [5.74, 6) is 0.634. The van der Waals surface area contributed by atoms with Crippen LogP contribution in [0.4, 0.5) is 0 Å². The molecular weight excluding hydrogens is 342 g/mol. The molecule has 27 heavy (non-hydrogen) atoms.